The van der Waals surface area contributed by atoms with Crippen LogP contribution in [0, 0.1) is 12.7 Å². The van der Waals surface area contributed by atoms with Crippen molar-refractivity contribution < 1.29 is 13.9 Å². The number of carbonyl (C=O) groups is 1. The van der Waals surface area contributed by atoms with Crippen molar-refractivity contribution in [2.45, 2.75) is 18.9 Å². The minimum absolute atomic E-state index is 0.0719. The third-order valence-corrected chi connectivity index (χ3v) is 5.03. The first-order chi connectivity index (χ1) is 13.5. The molecule has 0 bridgehead atoms. The quantitative estimate of drug-likeness (QED) is 0.444. The summed E-state index contributed by atoms with van der Waals surface area (Å²) in [5.41, 5.74) is 1.06. The number of hydrogen-bond donors (Lipinski definition) is 0. The summed E-state index contributed by atoms with van der Waals surface area (Å²) in [7, 11) is 0. The second-order valence-corrected chi connectivity index (χ2v) is 6.97. The van der Waals surface area contributed by atoms with Crippen LogP contribution in [-0.2, 0) is 0 Å². The van der Waals surface area contributed by atoms with Gasteiger partial charge >= 0.3 is 0 Å². The van der Waals surface area contributed by atoms with Gasteiger partial charge in [0.1, 0.15) is 11.6 Å². The predicted molar refractivity (Wildman–Crippen MR) is 107 cm³/mol. The van der Waals surface area contributed by atoms with Gasteiger partial charge in [-0.3, -0.25) is 14.2 Å². The predicted octanol–water partition coefficient (Wildman–Crippen LogP) is 4.05. The maximum Gasteiger partial charge on any atom is 0.287 e. The highest BCUT2D eigenvalue weighted by atomic mass is 32.2. The summed E-state index contributed by atoms with van der Waals surface area (Å²) in [5.74, 6) is 0.263. The van der Waals surface area contributed by atoms with Crippen molar-refractivity contribution in [3.63, 3.8) is 0 Å². The molecule has 0 radical (unpaired) electrons. The highest BCUT2D eigenvalue weighted by Gasteiger charge is 2.12. The summed E-state index contributed by atoms with van der Waals surface area (Å²) in [6, 6.07) is 11.4. The van der Waals surface area contributed by atoms with E-state index in [9.17, 15) is 14.0 Å². The lowest BCUT2D eigenvalue weighted by molar-refractivity contribution is 0.102. The number of thioether (sulfide) groups is 1. The molecule has 5 nitrogen and oxygen atoms in total. The number of aryl methyl sites for hydroxylation is 1. The largest absolute Gasteiger partial charge is 0.494 e. The second-order valence-electron chi connectivity index (χ2n) is 6.01. The molecule has 28 heavy (non-hydrogen) atoms. The summed E-state index contributed by atoms with van der Waals surface area (Å²) < 4.78 is 20.5. The molecular formula is C21H19FN2O3S. The van der Waals surface area contributed by atoms with E-state index in [4.69, 9.17) is 4.74 Å². The van der Waals surface area contributed by atoms with Crippen molar-refractivity contribution in [2.75, 3.05) is 12.4 Å². The normalized spacial score (nSPS) is 10.7. The van der Waals surface area contributed by atoms with Crippen LogP contribution in [0.15, 0.2) is 64.7 Å². The van der Waals surface area contributed by atoms with Crippen molar-refractivity contribution in [3.8, 4) is 11.4 Å². The molecule has 0 amide bonds. The monoisotopic (exact) mass is 398 g/mol. The average Bonchev–Trinajstić information content (AvgIpc) is 2.70. The molecule has 0 aliphatic carbocycles. The topological polar surface area (TPSA) is 61.2 Å². The van der Waals surface area contributed by atoms with E-state index in [1.54, 1.807) is 43.3 Å². The fourth-order valence-electron chi connectivity index (χ4n) is 2.55. The Morgan fingerprint density at radius 3 is 2.64 bits per heavy atom. The Bertz CT molecular complexity index is 1050. The molecule has 7 heteroatoms. The van der Waals surface area contributed by atoms with Crippen LogP contribution in [-0.4, -0.2) is 27.7 Å². The lowest BCUT2D eigenvalue weighted by atomic mass is 10.1. The van der Waals surface area contributed by atoms with Crippen LogP contribution in [0.2, 0.25) is 0 Å². The highest BCUT2D eigenvalue weighted by molar-refractivity contribution is 7.99. The van der Waals surface area contributed by atoms with Crippen molar-refractivity contribution in [1.29, 1.82) is 0 Å². The van der Waals surface area contributed by atoms with E-state index in [-0.39, 0.29) is 22.4 Å². The lowest BCUT2D eigenvalue weighted by Crippen LogP contribution is -2.21. The first-order valence-corrected chi connectivity index (χ1v) is 9.71. The summed E-state index contributed by atoms with van der Waals surface area (Å²) in [6.45, 7) is 4.10. The first kappa shape index (κ1) is 19.8. The molecule has 3 aromatic rings. The number of nitrogens with zero attached hydrogens (tertiary/aromatic N) is 2. The molecule has 0 saturated heterocycles. The van der Waals surface area contributed by atoms with Gasteiger partial charge < -0.3 is 4.74 Å². The molecule has 0 fully saturated rings. The molecule has 1 heterocycles. The number of Topliss-reactive ketones (excluding diaryl/α,β-unsaturated/α-hetero) is 1. The molecule has 2 aromatic carbocycles. The van der Waals surface area contributed by atoms with Gasteiger partial charge in [0.2, 0.25) is 0 Å². The molecule has 0 unspecified atom stereocenters. The SMILES string of the molecule is CCOc1ccc(C(=O)CSc2nccn(-c3ccc(C)c(F)c3)c2=O)cc1. The zero-order valence-corrected chi connectivity index (χ0v) is 16.3. The molecule has 144 valence electrons. The number of halogens is 1. The standard InChI is InChI=1S/C21H19FN2O3S/c1-3-27-17-8-5-15(6-9-17)19(25)13-28-20-21(26)24(11-10-23-20)16-7-4-14(2)18(22)12-16/h4-12H,3,13H2,1-2H3. The Hall–Kier alpha value is -2.93. The second kappa shape index (κ2) is 8.84. The van der Waals surface area contributed by atoms with Crippen molar-refractivity contribution in [2.24, 2.45) is 0 Å². The van der Waals surface area contributed by atoms with Gasteiger partial charge in [0.25, 0.3) is 5.56 Å². The number of ketones is 1. The fourth-order valence-corrected chi connectivity index (χ4v) is 3.34. The molecule has 0 spiro atoms. The van der Waals surface area contributed by atoms with Crippen LogP contribution in [0.1, 0.15) is 22.8 Å². The Morgan fingerprint density at radius 1 is 1.21 bits per heavy atom. The van der Waals surface area contributed by atoms with E-state index in [0.717, 1.165) is 11.8 Å². The zero-order valence-electron chi connectivity index (χ0n) is 15.5. The molecule has 0 aliphatic rings. The summed E-state index contributed by atoms with van der Waals surface area (Å²) >= 11 is 1.06. The van der Waals surface area contributed by atoms with Gasteiger partial charge in [-0.25, -0.2) is 9.37 Å². The number of aromatic nitrogens is 2. The lowest BCUT2D eigenvalue weighted by Gasteiger charge is -2.08. The van der Waals surface area contributed by atoms with Crippen LogP contribution in [0.3, 0.4) is 0 Å². The first-order valence-electron chi connectivity index (χ1n) is 8.72. The van der Waals surface area contributed by atoms with Crippen LogP contribution in [0.4, 0.5) is 4.39 Å². The minimum Gasteiger partial charge on any atom is -0.494 e. The summed E-state index contributed by atoms with van der Waals surface area (Å²) in [6.07, 6.45) is 2.94. The Kier molecular flexibility index (Phi) is 6.26. The molecule has 0 aliphatic heterocycles. The maximum atomic E-state index is 13.8. The Labute approximate surface area is 166 Å². The number of hydrogen-bond acceptors (Lipinski definition) is 5. The van der Waals surface area contributed by atoms with Gasteiger partial charge in [0.05, 0.1) is 18.0 Å². The van der Waals surface area contributed by atoms with E-state index < -0.39 is 5.56 Å². The van der Waals surface area contributed by atoms with Crippen LogP contribution >= 0.6 is 11.8 Å². The van der Waals surface area contributed by atoms with Gasteiger partial charge in [-0.2, -0.15) is 0 Å². The van der Waals surface area contributed by atoms with E-state index >= 15 is 0 Å². The number of rotatable bonds is 7. The number of ether oxygens (including phenoxy) is 1. The fraction of sp³-hybridized carbons (Fsp3) is 0.190. The molecule has 3 rings (SSSR count). The van der Waals surface area contributed by atoms with Crippen molar-refractivity contribution in [1.82, 2.24) is 9.55 Å². The Balaban J connectivity index is 1.75. The minimum atomic E-state index is -0.393. The van der Waals surface area contributed by atoms with Crippen molar-refractivity contribution >= 4 is 17.5 Å². The third-order valence-electron chi connectivity index (χ3n) is 4.07. The molecule has 1 aromatic heterocycles. The molecule has 0 atom stereocenters. The third kappa shape index (κ3) is 4.48. The summed E-state index contributed by atoms with van der Waals surface area (Å²) in [5, 5.41) is 0.183. The van der Waals surface area contributed by atoms with E-state index in [0.29, 0.717) is 29.2 Å². The van der Waals surface area contributed by atoms with Gasteiger partial charge in [0.15, 0.2) is 10.8 Å². The highest BCUT2D eigenvalue weighted by Crippen LogP contribution is 2.18. The van der Waals surface area contributed by atoms with E-state index in [2.05, 4.69) is 4.98 Å². The van der Waals surface area contributed by atoms with Crippen LogP contribution in [0.25, 0.3) is 5.69 Å². The molecular weight excluding hydrogens is 379 g/mol. The van der Waals surface area contributed by atoms with Crippen LogP contribution in [0.5, 0.6) is 5.75 Å². The van der Waals surface area contributed by atoms with Gasteiger partial charge in [-0.1, -0.05) is 17.8 Å². The Morgan fingerprint density at radius 2 is 1.96 bits per heavy atom. The average molecular weight is 398 g/mol. The maximum absolute atomic E-state index is 13.8. The van der Waals surface area contributed by atoms with Gasteiger partial charge in [0, 0.05) is 18.0 Å². The molecule has 0 N–H and O–H groups in total. The zero-order chi connectivity index (χ0) is 20.1. The smallest absolute Gasteiger partial charge is 0.287 e. The van der Waals surface area contributed by atoms with Crippen molar-refractivity contribution in [3.05, 3.63) is 82.2 Å². The molecule has 0 saturated carbocycles. The number of carbonyl (C=O) groups excluding carboxylic acids is 1. The van der Waals surface area contributed by atoms with Gasteiger partial charge in [-0.15, -0.1) is 0 Å². The van der Waals surface area contributed by atoms with E-state index in [1.165, 1.54) is 23.0 Å². The summed E-state index contributed by atoms with van der Waals surface area (Å²) in [4.78, 5) is 29.1. The number of benzene rings is 2. The van der Waals surface area contributed by atoms with E-state index in [1.807, 2.05) is 6.92 Å². The van der Waals surface area contributed by atoms with Crippen LogP contribution < -0.4 is 10.3 Å². The van der Waals surface area contributed by atoms with Gasteiger partial charge in [-0.05, 0) is 55.8 Å².